The van der Waals surface area contributed by atoms with E-state index in [9.17, 15) is 4.79 Å². The molecule has 0 radical (unpaired) electrons. The lowest BCUT2D eigenvalue weighted by molar-refractivity contribution is -0.113. The molecule has 1 amide bonds. The molecule has 3 nitrogen and oxygen atoms in total. The summed E-state index contributed by atoms with van der Waals surface area (Å²) >= 11 is 0. The van der Waals surface area contributed by atoms with Crippen molar-refractivity contribution in [3.8, 4) is 0 Å². The lowest BCUT2D eigenvalue weighted by atomic mass is 10.6. The molecule has 0 aromatic rings. The lowest BCUT2D eigenvalue weighted by Crippen LogP contribution is -2.04. The van der Waals surface area contributed by atoms with Crippen molar-refractivity contribution in [3.05, 3.63) is 12.3 Å². The topological polar surface area (TPSA) is 55.4 Å². The molecule has 0 aromatic carbocycles. The number of primary amides is 1. The summed E-state index contributed by atoms with van der Waals surface area (Å²) in [4.78, 5) is 13.5. The number of rotatable bonds is 2. The SMILES string of the molecule is C/C=N\C=C\C(N)=O. The second kappa shape index (κ2) is 4.05. The van der Waals surface area contributed by atoms with Crippen molar-refractivity contribution in [2.45, 2.75) is 6.92 Å². The second-order valence-corrected chi connectivity index (χ2v) is 1.13. The van der Waals surface area contributed by atoms with Crippen LogP contribution >= 0.6 is 0 Å². The maximum absolute atomic E-state index is 9.94. The van der Waals surface area contributed by atoms with Crippen LogP contribution in [0, 0.1) is 0 Å². The number of hydrogen-bond acceptors (Lipinski definition) is 2. The minimum absolute atomic E-state index is 0.476. The van der Waals surface area contributed by atoms with Gasteiger partial charge >= 0.3 is 0 Å². The third-order valence-electron chi connectivity index (χ3n) is 0.474. The Morgan fingerprint density at radius 2 is 2.38 bits per heavy atom. The molecule has 0 spiro atoms. The Hall–Kier alpha value is -1.12. The Morgan fingerprint density at radius 3 is 2.75 bits per heavy atom. The Kier molecular flexibility index (Phi) is 3.48. The van der Waals surface area contributed by atoms with E-state index < -0.39 is 5.91 Å². The summed E-state index contributed by atoms with van der Waals surface area (Å²) in [6, 6.07) is 0. The predicted octanol–water partition coefficient (Wildman–Crippen LogP) is 0.0761. The van der Waals surface area contributed by atoms with Crippen LogP contribution in [-0.2, 0) is 4.79 Å². The summed E-state index contributed by atoms with van der Waals surface area (Å²) in [5.74, 6) is -0.476. The number of nitrogens with two attached hydrogens (primary N) is 1. The number of hydrogen-bond donors (Lipinski definition) is 1. The zero-order chi connectivity index (χ0) is 6.41. The minimum atomic E-state index is -0.476. The average Bonchev–Trinajstić information content (AvgIpc) is 1.66. The van der Waals surface area contributed by atoms with Crippen LogP contribution in [0.2, 0.25) is 0 Å². The van der Waals surface area contributed by atoms with Crippen LogP contribution in [0.3, 0.4) is 0 Å². The van der Waals surface area contributed by atoms with Gasteiger partial charge in [0.25, 0.3) is 0 Å². The summed E-state index contributed by atoms with van der Waals surface area (Å²) in [7, 11) is 0. The van der Waals surface area contributed by atoms with Crippen LogP contribution in [-0.4, -0.2) is 12.1 Å². The van der Waals surface area contributed by atoms with Gasteiger partial charge in [-0.15, -0.1) is 0 Å². The average molecular weight is 112 g/mol. The van der Waals surface area contributed by atoms with E-state index in [4.69, 9.17) is 5.73 Å². The molecule has 0 saturated carbocycles. The summed E-state index contributed by atoms with van der Waals surface area (Å²) in [5.41, 5.74) is 4.73. The van der Waals surface area contributed by atoms with E-state index in [0.29, 0.717) is 0 Å². The second-order valence-electron chi connectivity index (χ2n) is 1.13. The van der Waals surface area contributed by atoms with Crippen molar-refractivity contribution in [1.29, 1.82) is 0 Å². The largest absolute Gasteiger partial charge is 0.366 e. The van der Waals surface area contributed by atoms with E-state index in [-0.39, 0.29) is 0 Å². The highest BCUT2D eigenvalue weighted by Crippen LogP contribution is 1.69. The molecule has 0 unspecified atom stereocenters. The normalized spacial score (nSPS) is 11.1. The van der Waals surface area contributed by atoms with E-state index in [1.807, 2.05) is 0 Å². The Morgan fingerprint density at radius 1 is 1.75 bits per heavy atom. The number of amides is 1. The molecule has 2 N–H and O–H groups in total. The maximum Gasteiger partial charge on any atom is 0.242 e. The molecule has 0 atom stereocenters. The first-order valence-corrected chi connectivity index (χ1v) is 2.21. The molecule has 3 heteroatoms. The summed E-state index contributed by atoms with van der Waals surface area (Å²) < 4.78 is 0. The van der Waals surface area contributed by atoms with Crippen molar-refractivity contribution < 1.29 is 4.79 Å². The van der Waals surface area contributed by atoms with Gasteiger partial charge in [0.2, 0.25) is 5.91 Å². The van der Waals surface area contributed by atoms with Crippen molar-refractivity contribution in [2.75, 3.05) is 0 Å². The van der Waals surface area contributed by atoms with Crippen LogP contribution in [0.5, 0.6) is 0 Å². The molecule has 0 aromatic heterocycles. The van der Waals surface area contributed by atoms with Gasteiger partial charge in [0.1, 0.15) is 0 Å². The zero-order valence-electron chi connectivity index (χ0n) is 4.66. The van der Waals surface area contributed by atoms with Gasteiger partial charge in [0.05, 0.1) is 0 Å². The predicted molar refractivity (Wildman–Crippen MR) is 32.5 cm³/mol. The number of carbonyl (C=O) groups is 1. The van der Waals surface area contributed by atoms with Gasteiger partial charge in [-0.3, -0.25) is 9.79 Å². The standard InChI is InChI=1S/C5H8N2O/c1-2-7-4-3-5(6)8/h2-4H,1H3,(H2,6,8)/b4-3+,7-2-. The Balaban J connectivity index is 3.50. The van der Waals surface area contributed by atoms with Gasteiger partial charge in [-0.25, -0.2) is 0 Å². The van der Waals surface area contributed by atoms with Crippen LogP contribution < -0.4 is 5.73 Å². The molecule has 8 heavy (non-hydrogen) atoms. The fourth-order valence-electron chi connectivity index (χ4n) is 0.203. The smallest absolute Gasteiger partial charge is 0.242 e. The molecule has 44 valence electrons. The molecular weight excluding hydrogens is 104 g/mol. The molecule has 0 heterocycles. The van der Waals surface area contributed by atoms with Gasteiger partial charge in [-0.1, -0.05) is 0 Å². The summed E-state index contributed by atoms with van der Waals surface area (Å²) in [5, 5.41) is 0. The fraction of sp³-hybridized carbons (Fsp3) is 0.200. The number of nitrogens with zero attached hydrogens (tertiary/aromatic N) is 1. The van der Waals surface area contributed by atoms with Crippen molar-refractivity contribution in [1.82, 2.24) is 0 Å². The first-order chi connectivity index (χ1) is 3.77. The molecular formula is C5H8N2O. The van der Waals surface area contributed by atoms with Gasteiger partial charge in [0.15, 0.2) is 0 Å². The van der Waals surface area contributed by atoms with E-state index in [2.05, 4.69) is 4.99 Å². The molecule has 0 bridgehead atoms. The van der Waals surface area contributed by atoms with Crippen molar-refractivity contribution >= 4 is 12.1 Å². The first-order valence-electron chi connectivity index (χ1n) is 2.21. The van der Waals surface area contributed by atoms with Crippen molar-refractivity contribution in [3.63, 3.8) is 0 Å². The van der Waals surface area contributed by atoms with Crippen LogP contribution in [0.15, 0.2) is 17.3 Å². The number of carbonyl (C=O) groups excluding carboxylic acids is 1. The molecule has 0 aliphatic rings. The zero-order valence-corrected chi connectivity index (χ0v) is 4.66. The molecule has 0 aliphatic carbocycles. The van der Waals surface area contributed by atoms with Gasteiger partial charge < -0.3 is 5.73 Å². The van der Waals surface area contributed by atoms with E-state index in [1.165, 1.54) is 12.3 Å². The highest BCUT2D eigenvalue weighted by molar-refractivity contribution is 5.85. The van der Waals surface area contributed by atoms with Crippen LogP contribution in [0.1, 0.15) is 6.92 Å². The highest BCUT2D eigenvalue weighted by Gasteiger charge is 1.75. The Labute approximate surface area is 47.9 Å². The minimum Gasteiger partial charge on any atom is -0.366 e. The van der Waals surface area contributed by atoms with Crippen molar-refractivity contribution in [2.24, 2.45) is 10.7 Å². The van der Waals surface area contributed by atoms with E-state index in [0.717, 1.165) is 0 Å². The van der Waals surface area contributed by atoms with Gasteiger partial charge in [-0.2, -0.15) is 0 Å². The van der Waals surface area contributed by atoms with Crippen LogP contribution in [0.4, 0.5) is 0 Å². The third-order valence-corrected chi connectivity index (χ3v) is 0.474. The Bertz CT molecular complexity index is 126. The maximum atomic E-state index is 9.94. The van der Waals surface area contributed by atoms with E-state index in [1.54, 1.807) is 13.1 Å². The number of aliphatic imine (C=N–C) groups is 1. The molecule has 0 aliphatic heterocycles. The third kappa shape index (κ3) is 4.88. The quantitative estimate of drug-likeness (QED) is 0.399. The first kappa shape index (κ1) is 6.88. The highest BCUT2D eigenvalue weighted by atomic mass is 16.1. The van der Waals surface area contributed by atoms with Gasteiger partial charge in [-0.05, 0) is 6.92 Å². The van der Waals surface area contributed by atoms with Crippen LogP contribution in [0.25, 0.3) is 0 Å². The molecule has 0 saturated heterocycles. The summed E-state index contributed by atoms with van der Waals surface area (Å²) in [6.07, 6.45) is 4.11. The lowest BCUT2D eigenvalue weighted by Gasteiger charge is -1.73. The summed E-state index contributed by atoms with van der Waals surface area (Å²) in [6.45, 7) is 1.76. The molecule has 0 fully saturated rings. The monoisotopic (exact) mass is 112 g/mol. The van der Waals surface area contributed by atoms with Gasteiger partial charge in [0, 0.05) is 18.5 Å². The van der Waals surface area contributed by atoms with E-state index >= 15 is 0 Å². The fourth-order valence-corrected chi connectivity index (χ4v) is 0.203. The molecule has 0 rings (SSSR count).